The number of halogens is 2. The molecule has 11 heavy (non-hydrogen) atoms. The summed E-state index contributed by atoms with van der Waals surface area (Å²) in [5, 5.41) is 0. The van der Waals surface area contributed by atoms with Crippen LogP contribution in [0.3, 0.4) is 0 Å². The molecule has 0 aliphatic carbocycles. The van der Waals surface area contributed by atoms with Crippen molar-refractivity contribution in [3.05, 3.63) is 18.4 Å². The van der Waals surface area contributed by atoms with E-state index in [2.05, 4.69) is 4.98 Å². The van der Waals surface area contributed by atoms with Crippen LogP contribution in [0.1, 0.15) is 12.8 Å². The lowest BCUT2D eigenvalue weighted by molar-refractivity contribution is 0.477. The second-order valence-electron chi connectivity index (χ2n) is 2.11. The highest BCUT2D eigenvalue weighted by atomic mass is 35.5. The predicted molar refractivity (Wildman–Crippen MR) is 48.4 cm³/mol. The molecule has 0 bridgehead atoms. The first-order valence-corrected chi connectivity index (χ1v) is 2.93. The second-order valence-corrected chi connectivity index (χ2v) is 2.11. The van der Waals surface area contributed by atoms with Crippen molar-refractivity contribution in [2.45, 2.75) is 19.4 Å². The normalized spacial score (nSPS) is 11.1. The highest BCUT2D eigenvalue weighted by molar-refractivity contribution is 5.85. The lowest BCUT2D eigenvalue weighted by Crippen LogP contribution is -2.17. The van der Waals surface area contributed by atoms with Gasteiger partial charge >= 0.3 is 0 Å². The lowest BCUT2D eigenvalue weighted by atomic mass is 10.2. The molecule has 1 heterocycles. The predicted octanol–water partition coefficient (Wildman–Crippen LogP) is 1.41. The Morgan fingerprint density at radius 2 is 2.27 bits per heavy atom. The molecule has 5 heteroatoms. The van der Waals surface area contributed by atoms with Gasteiger partial charge in [-0.05, 0) is 6.92 Å². The van der Waals surface area contributed by atoms with Crippen LogP contribution >= 0.6 is 24.8 Å². The molecule has 1 aromatic heterocycles. The fraction of sp³-hybridized carbons (Fsp3) is 0.500. The molecule has 2 N–H and O–H groups in total. The Morgan fingerprint density at radius 1 is 1.64 bits per heavy atom. The summed E-state index contributed by atoms with van der Waals surface area (Å²) in [4.78, 5) is 3.91. The van der Waals surface area contributed by atoms with Gasteiger partial charge in [-0.25, -0.2) is 4.98 Å². The van der Waals surface area contributed by atoms with Gasteiger partial charge in [0.2, 0.25) is 0 Å². The molecule has 0 saturated heterocycles. The van der Waals surface area contributed by atoms with Gasteiger partial charge in [-0.3, -0.25) is 0 Å². The van der Waals surface area contributed by atoms with Gasteiger partial charge in [-0.15, -0.1) is 24.8 Å². The summed E-state index contributed by atoms with van der Waals surface area (Å²) in [6.45, 7) is 1.92. The molecule has 0 aliphatic heterocycles. The van der Waals surface area contributed by atoms with Crippen molar-refractivity contribution in [2.24, 2.45) is 5.73 Å². The van der Waals surface area contributed by atoms with Gasteiger partial charge in [-0.2, -0.15) is 0 Å². The smallest absolute Gasteiger partial charge is 0.195 e. The first-order valence-electron chi connectivity index (χ1n) is 2.93. The maximum Gasteiger partial charge on any atom is 0.195 e. The van der Waals surface area contributed by atoms with Gasteiger partial charge in [0.25, 0.3) is 0 Å². The van der Waals surface area contributed by atoms with E-state index in [-0.39, 0.29) is 30.9 Å². The summed E-state index contributed by atoms with van der Waals surface area (Å²) in [6.07, 6.45) is 3.89. The first kappa shape index (κ1) is 13.3. The van der Waals surface area contributed by atoms with Crippen LogP contribution in [0.15, 0.2) is 16.9 Å². The molecule has 1 aromatic rings. The molecule has 0 radical (unpaired) electrons. The number of oxazole rings is 1. The van der Waals surface area contributed by atoms with Gasteiger partial charge in [-0.1, -0.05) is 0 Å². The summed E-state index contributed by atoms with van der Waals surface area (Å²) in [6, 6.07) is 0.128. The minimum Gasteiger partial charge on any atom is -0.449 e. The molecule has 1 rings (SSSR count). The van der Waals surface area contributed by atoms with Crippen LogP contribution in [0, 0.1) is 0 Å². The molecule has 0 aromatic carbocycles. The van der Waals surface area contributed by atoms with E-state index in [0.717, 1.165) is 0 Å². The molecule has 0 aliphatic rings. The third-order valence-corrected chi connectivity index (χ3v) is 0.980. The van der Waals surface area contributed by atoms with E-state index in [0.29, 0.717) is 12.3 Å². The molecule has 3 nitrogen and oxygen atoms in total. The minimum absolute atomic E-state index is 0. The van der Waals surface area contributed by atoms with Crippen molar-refractivity contribution in [1.29, 1.82) is 0 Å². The Morgan fingerprint density at radius 3 is 2.64 bits per heavy atom. The van der Waals surface area contributed by atoms with Gasteiger partial charge in [0.1, 0.15) is 6.26 Å². The van der Waals surface area contributed by atoms with Crippen LogP contribution in [0.5, 0.6) is 0 Å². The van der Waals surface area contributed by atoms with Crippen molar-refractivity contribution in [1.82, 2.24) is 4.98 Å². The Hall–Kier alpha value is -0.250. The van der Waals surface area contributed by atoms with Crippen LogP contribution in [0.25, 0.3) is 0 Å². The maximum atomic E-state index is 5.48. The highest BCUT2D eigenvalue weighted by Gasteiger charge is 1.99. The zero-order valence-corrected chi connectivity index (χ0v) is 7.82. The molecular formula is C6H12Cl2N2O. The number of nitrogens with two attached hydrogens (primary N) is 1. The summed E-state index contributed by atoms with van der Waals surface area (Å²) in [7, 11) is 0. The third kappa shape index (κ3) is 5.07. The quantitative estimate of drug-likeness (QED) is 0.783. The Bertz CT molecular complexity index is 165. The zero-order valence-electron chi connectivity index (χ0n) is 6.19. The fourth-order valence-corrected chi connectivity index (χ4v) is 0.629. The SMILES string of the molecule is C[C@@H](N)Cc1ncco1.Cl.Cl. The standard InChI is InChI=1S/C6H10N2O.2ClH/c1-5(7)4-6-8-2-3-9-6;;/h2-3,5H,4,7H2,1H3;2*1H/t5-;;/m1../s1. The maximum absolute atomic E-state index is 5.48. The molecule has 0 spiro atoms. The van der Waals surface area contributed by atoms with E-state index < -0.39 is 0 Å². The molecule has 0 amide bonds. The van der Waals surface area contributed by atoms with Gasteiger partial charge in [0.15, 0.2) is 5.89 Å². The molecule has 0 fully saturated rings. The molecule has 66 valence electrons. The summed E-state index contributed by atoms with van der Waals surface area (Å²) < 4.78 is 4.95. The summed E-state index contributed by atoms with van der Waals surface area (Å²) in [5.74, 6) is 0.713. The second kappa shape index (κ2) is 6.46. The van der Waals surface area contributed by atoms with E-state index in [1.807, 2.05) is 6.92 Å². The molecular weight excluding hydrogens is 187 g/mol. The van der Waals surface area contributed by atoms with Crippen LogP contribution in [-0.4, -0.2) is 11.0 Å². The Kier molecular flexibility index (Phi) is 7.84. The minimum atomic E-state index is 0. The number of aromatic nitrogens is 1. The zero-order chi connectivity index (χ0) is 6.69. The van der Waals surface area contributed by atoms with Crippen molar-refractivity contribution in [3.63, 3.8) is 0 Å². The van der Waals surface area contributed by atoms with Gasteiger partial charge in [0.05, 0.1) is 6.20 Å². The third-order valence-electron chi connectivity index (χ3n) is 0.980. The summed E-state index contributed by atoms with van der Waals surface area (Å²) in [5.41, 5.74) is 5.48. The van der Waals surface area contributed by atoms with Crippen LogP contribution in [0.2, 0.25) is 0 Å². The molecule has 0 unspecified atom stereocenters. The topological polar surface area (TPSA) is 52.0 Å². The molecule has 0 saturated carbocycles. The van der Waals surface area contributed by atoms with E-state index in [9.17, 15) is 0 Å². The van der Waals surface area contributed by atoms with E-state index in [4.69, 9.17) is 10.2 Å². The number of nitrogens with zero attached hydrogens (tertiary/aromatic N) is 1. The van der Waals surface area contributed by atoms with E-state index in [1.165, 1.54) is 0 Å². The van der Waals surface area contributed by atoms with Crippen molar-refractivity contribution in [2.75, 3.05) is 0 Å². The Labute approximate surface area is 78.2 Å². The van der Waals surface area contributed by atoms with Crippen LogP contribution < -0.4 is 5.73 Å². The fourth-order valence-electron chi connectivity index (χ4n) is 0.629. The van der Waals surface area contributed by atoms with E-state index >= 15 is 0 Å². The number of rotatable bonds is 2. The lowest BCUT2D eigenvalue weighted by Gasteiger charge is -1.97. The average Bonchev–Trinajstić information content (AvgIpc) is 2.15. The monoisotopic (exact) mass is 198 g/mol. The highest BCUT2D eigenvalue weighted by Crippen LogP contribution is 1.96. The van der Waals surface area contributed by atoms with Crippen molar-refractivity contribution in [3.8, 4) is 0 Å². The van der Waals surface area contributed by atoms with Crippen molar-refractivity contribution >= 4 is 24.8 Å². The average molecular weight is 199 g/mol. The van der Waals surface area contributed by atoms with E-state index in [1.54, 1.807) is 12.5 Å². The van der Waals surface area contributed by atoms with Gasteiger partial charge in [0, 0.05) is 12.5 Å². The summed E-state index contributed by atoms with van der Waals surface area (Å²) >= 11 is 0. The first-order chi connectivity index (χ1) is 4.29. The van der Waals surface area contributed by atoms with Crippen LogP contribution in [0.4, 0.5) is 0 Å². The molecule has 1 atom stereocenters. The van der Waals surface area contributed by atoms with Gasteiger partial charge < -0.3 is 10.2 Å². The van der Waals surface area contributed by atoms with Crippen LogP contribution in [-0.2, 0) is 6.42 Å². The largest absolute Gasteiger partial charge is 0.449 e. The Balaban J connectivity index is 0. The number of hydrogen-bond donors (Lipinski definition) is 1. The number of hydrogen-bond acceptors (Lipinski definition) is 3. The van der Waals surface area contributed by atoms with Crippen molar-refractivity contribution < 1.29 is 4.42 Å².